The molecule has 0 spiro atoms. The molecule has 3 nitrogen and oxygen atoms in total. The molecule has 0 aliphatic rings. The summed E-state index contributed by atoms with van der Waals surface area (Å²) in [5.74, 6) is 2.01. The summed E-state index contributed by atoms with van der Waals surface area (Å²) in [6, 6.07) is 14.6. The Morgan fingerprint density at radius 3 is 2.32 bits per heavy atom. The third-order valence-electron chi connectivity index (χ3n) is 4.31. The molecular formula is C22H22Cl3NO2. The SMILES string of the molecule is CCNCCC(C)Oc1ccc(Oc2c(Cl)cc(Cl)c3cc(Cl)ccc23)cc1. The van der Waals surface area contributed by atoms with Gasteiger partial charge in [-0.15, -0.1) is 0 Å². The molecule has 3 aromatic carbocycles. The third kappa shape index (κ3) is 5.24. The van der Waals surface area contributed by atoms with E-state index in [1.807, 2.05) is 30.3 Å². The van der Waals surface area contributed by atoms with Crippen molar-refractivity contribution in [1.29, 1.82) is 0 Å². The van der Waals surface area contributed by atoms with Crippen molar-refractivity contribution in [3.05, 3.63) is 63.6 Å². The Morgan fingerprint density at radius 1 is 0.893 bits per heavy atom. The molecule has 0 aliphatic carbocycles. The van der Waals surface area contributed by atoms with Crippen molar-refractivity contribution < 1.29 is 9.47 Å². The monoisotopic (exact) mass is 437 g/mol. The van der Waals surface area contributed by atoms with E-state index in [1.165, 1.54) is 0 Å². The van der Waals surface area contributed by atoms with Gasteiger partial charge >= 0.3 is 0 Å². The zero-order chi connectivity index (χ0) is 20.1. The molecule has 0 saturated carbocycles. The summed E-state index contributed by atoms with van der Waals surface area (Å²) < 4.78 is 12.0. The van der Waals surface area contributed by atoms with Gasteiger partial charge in [0.05, 0.1) is 16.1 Å². The fraction of sp³-hybridized carbons (Fsp3) is 0.273. The van der Waals surface area contributed by atoms with Crippen LogP contribution in [0.5, 0.6) is 17.2 Å². The summed E-state index contributed by atoms with van der Waals surface area (Å²) in [5.41, 5.74) is 0. The van der Waals surface area contributed by atoms with Gasteiger partial charge in [0.2, 0.25) is 0 Å². The summed E-state index contributed by atoms with van der Waals surface area (Å²) in [7, 11) is 0. The molecule has 0 bridgehead atoms. The molecule has 1 atom stereocenters. The zero-order valence-electron chi connectivity index (χ0n) is 15.8. The minimum Gasteiger partial charge on any atom is -0.491 e. The van der Waals surface area contributed by atoms with Gasteiger partial charge in [0.25, 0.3) is 0 Å². The first-order chi connectivity index (χ1) is 13.5. The van der Waals surface area contributed by atoms with E-state index < -0.39 is 0 Å². The predicted molar refractivity (Wildman–Crippen MR) is 119 cm³/mol. The van der Waals surface area contributed by atoms with Crippen LogP contribution in [-0.2, 0) is 0 Å². The van der Waals surface area contributed by atoms with E-state index in [0.717, 1.165) is 36.0 Å². The second kappa shape index (κ2) is 9.71. The number of benzene rings is 3. The van der Waals surface area contributed by atoms with Crippen LogP contribution < -0.4 is 14.8 Å². The Labute approximate surface area is 180 Å². The fourth-order valence-electron chi connectivity index (χ4n) is 2.88. The van der Waals surface area contributed by atoms with Gasteiger partial charge in [-0.3, -0.25) is 0 Å². The highest BCUT2D eigenvalue weighted by Gasteiger charge is 2.13. The fourth-order valence-corrected chi connectivity index (χ4v) is 3.62. The van der Waals surface area contributed by atoms with Gasteiger partial charge < -0.3 is 14.8 Å². The van der Waals surface area contributed by atoms with E-state index >= 15 is 0 Å². The lowest BCUT2D eigenvalue weighted by Crippen LogP contribution is -2.21. The number of rotatable bonds is 8. The average molecular weight is 439 g/mol. The average Bonchev–Trinajstić information content (AvgIpc) is 2.67. The quantitative estimate of drug-likeness (QED) is 0.373. The van der Waals surface area contributed by atoms with Crippen LogP contribution in [0.2, 0.25) is 15.1 Å². The maximum absolute atomic E-state index is 6.39. The second-order valence-corrected chi connectivity index (χ2v) is 7.75. The van der Waals surface area contributed by atoms with Crippen LogP contribution in [0.3, 0.4) is 0 Å². The molecule has 0 heterocycles. The summed E-state index contributed by atoms with van der Waals surface area (Å²) in [5, 5.41) is 6.48. The van der Waals surface area contributed by atoms with E-state index in [4.69, 9.17) is 44.3 Å². The highest BCUT2D eigenvalue weighted by molar-refractivity contribution is 6.40. The van der Waals surface area contributed by atoms with Crippen LogP contribution in [0.1, 0.15) is 20.3 Å². The minimum atomic E-state index is 0.130. The van der Waals surface area contributed by atoms with E-state index in [-0.39, 0.29) is 6.10 Å². The summed E-state index contributed by atoms with van der Waals surface area (Å²) in [4.78, 5) is 0. The Balaban J connectivity index is 1.76. The molecule has 1 N–H and O–H groups in total. The predicted octanol–water partition coefficient (Wildman–Crippen LogP) is 7.36. The summed E-state index contributed by atoms with van der Waals surface area (Å²) in [6.45, 7) is 6.05. The summed E-state index contributed by atoms with van der Waals surface area (Å²) >= 11 is 18.8. The van der Waals surface area contributed by atoms with Gasteiger partial charge in [0.1, 0.15) is 11.5 Å². The third-order valence-corrected chi connectivity index (χ3v) is 5.14. The summed E-state index contributed by atoms with van der Waals surface area (Å²) in [6.07, 6.45) is 1.08. The van der Waals surface area contributed by atoms with Crippen molar-refractivity contribution in [3.63, 3.8) is 0 Å². The van der Waals surface area contributed by atoms with Crippen molar-refractivity contribution in [2.75, 3.05) is 13.1 Å². The van der Waals surface area contributed by atoms with Gasteiger partial charge in [-0.2, -0.15) is 0 Å². The highest BCUT2D eigenvalue weighted by Crippen LogP contribution is 2.41. The lowest BCUT2D eigenvalue weighted by Gasteiger charge is -2.16. The first-order valence-electron chi connectivity index (χ1n) is 9.20. The van der Waals surface area contributed by atoms with Crippen molar-refractivity contribution >= 4 is 45.6 Å². The van der Waals surface area contributed by atoms with E-state index in [2.05, 4.69) is 19.2 Å². The Hall–Kier alpha value is -1.65. The molecule has 0 aliphatic heterocycles. The van der Waals surface area contributed by atoms with Crippen molar-refractivity contribution in [3.8, 4) is 17.2 Å². The van der Waals surface area contributed by atoms with Gasteiger partial charge in [0, 0.05) is 15.8 Å². The van der Waals surface area contributed by atoms with Crippen LogP contribution >= 0.6 is 34.8 Å². The molecule has 0 amide bonds. The smallest absolute Gasteiger partial charge is 0.153 e. The molecule has 1 unspecified atom stereocenters. The van der Waals surface area contributed by atoms with Gasteiger partial charge in [-0.25, -0.2) is 0 Å². The normalized spacial score (nSPS) is 12.2. The number of ether oxygens (including phenoxy) is 2. The van der Waals surface area contributed by atoms with Crippen LogP contribution in [-0.4, -0.2) is 19.2 Å². The highest BCUT2D eigenvalue weighted by atomic mass is 35.5. The maximum atomic E-state index is 6.39. The van der Waals surface area contributed by atoms with Crippen molar-refractivity contribution in [2.45, 2.75) is 26.4 Å². The minimum absolute atomic E-state index is 0.130. The van der Waals surface area contributed by atoms with Crippen molar-refractivity contribution in [2.24, 2.45) is 0 Å². The Morgan fingerprint density at radius 2 is 1.61 bits per heavy atom. The Kier molecular flexibility index (Phi) is 7.30. The van der Waals surface area contributed by atoms with Crippen molar-refractivity contribution in [1.82, 2.24) is 5.32 Å². The van der Waals surface area contributed by atoms with Gasteiger partial charge in [0.15, 0.2) is 5.75 Å². The lowest BCUT2D eigenvalue weighted by atomic mass is 10.1. The number of hydrogen-bond donors (Lipinski definition) is 1. The van der Waals surface area contributed by atoms with Crippen LogP contribution in [0.25, 0.3) is 10.8 Å². The molecule has 0 saturated heterocycles. The Bertz CT molecular complexity index is 945. The molecule has 3 rings (SSSR count). The van der Waals surface area contributed by atoms with E-state index in [1.54, 1.807) is 18.2 Å². The molecular weight excluding hydrogens is 417 g/mol. The molecule has 28 heavy (non-hydrogen) atoms. The standard InChI is InChI=1S/C22H22Cl3NO2/c1-3-26-11-10-14(2)27-16-5-7-17(8-6-16)28-22-18-9-4-15(23)12-19(18)20(24)13-21(22)25/h4-9,12-14,26H,3,10-11H2,1-2H3. The van der Waals surface area contributed by atoms with Crippen LogP contribution in [0.4, 0.5) is 0 Å². The molecule has 0 aromatic heterocycles. The number of halogens is 3. The number of fused-ring (bicyclic) bond motifs is 1. The molecule has 0 fully saturated rings. The van der Waals surface area contributed by atoms with Gasteiger partial charge in [-0.05, 0) is 75.0 Å². The molecule has 6 heteroatoms. The molecule has 3 aromatic rings. The largest absolute Gasteiger partial charge is 0.491 e. The van der Waals surface area contributed by atoms with Gasteiger partial charge in [-0.1, -0.05) is 41.7 Å². The maximum Gasteiger partial charge on any atom is 0.153 e. The zero-order valence-corrected chi connectivity index (χ0v) is 18.0. The van der Waals surface area contributed by atoms with E-state index in [0.29, 0.717) is 26.6 Å². The number of nitrogens with one attached hydrogen (secondary N) is 1. The van der Waals surface area contributed by atoms with E-state index in [9.17, 15) is 0 Å². The topological polar surface area (TPSA) is 30.5 Å². The first kappa shape index (κ1) is 21.1. The van der Waals surface area contributed by atoms with Crippen LogP contribution in [0.15, 0.2) is 48.5 Å². The molecule has 0 radical (unpaired) electrons. The number of hydrogen-bond acceptors (Lipinski definition) is 3. The van der Waals surface area contributed by atoms with Crippen LogP contribution in [0, 0.1) is 0 Å². The first-order valence-corrected chi connectivity index (χ1v) is 10.3. The lowest BCUT2D eigenvalue weighted by molar-refractivity contribution is 0.210. The second-order valence-electron chi connectivity index (χ2n) is 6.50. The molecule has 148 valence electrons.